The zero-order valence-electron chi connectivity index (χ0n) is 16.7. The molecule has 0 aliphatic rings. The van der Waals surface area contributed by atoms with Gasteiger partial charge in [-0.05, 0) is 68.3 Å². The van der Waals surface area contributed by atoms with Crippen molar-refractivity contribution >= 4 is 22.7 Å². The third kappa shape index (κ3) is 4.29. The van der Waals surface area contributed by atoms with Gasteiger partial charge in [-0.2, -0.15) is 0 Å². The van der Waals surface area contributed by atoms with Crippen LogP contribution in [-0.4, -0.2) is 17.5 Å². The van der Waals surface area contributed by atoms with Gasteiger partial charge in [0.2, 0.25) is 5.89 Å². The van der Waals surface area contributed by atoms with Gasteiger partial charge in [0.05, 0.1) is 0 Å². The first-order valence-electron chi connectivity index (χ1n) is 9.45. The topological polar surface area (TPSA) is 64.4 Å². The minimum atomic E-state index is -0.227. The standard InChI is InChI=1S/C24H22N2O3/c1-15-8-10-21(17(3)11-15)28-14-23(27)25-19-6-4-5-18(13-19)24-26-20-9-7-16(2)12-22(20)29-24/h4-13H,14H2,1-3H3,(H,25,27). The van der Waals surface area contributed by atoms with Crippen LogP contribution in [0.15, 0.2) is 65.1 Å². The van der Waals surface area contributed by atoms with Gasteiger partial charge in [0, 0.05) is 11.3 Å². The summed E-state index contributed by atoms with van der Waals surface area (Å²) in [7, 11) is 0. The Bertz CT molecular complexity index is 1190. The van der Waals surface area contributed by atoms with Gasteiger partial charge in [0.25, 0.3) is 5.91 Å². The maximum absolute atomic E-state index is 12.3. The fraction of sp³-hybridized carbons (Fsp3) is 0.167. The number of anilines is 1. The summed E-state index contributed by atoms with van der Waals surface area (Å²) < 4.78 is 11.5. The minimum Gasteiger partial charge on any atom is -0.483 e. The lowest BCUT2D eigenvalue weighted by Crippen LogP contribution is -2.20. The Morgan fingerprint density at radius 3 is 2.62 bits per heavy atom. The van der Waals surface area contributed by atoms with Crippen LogP contribution in [-0.2, 0) is 4.79 Å². The molecule has 4 rings (SSSR count). The number of rotatable bonds is 5. The molecule has 1 N–H and O–H groups in total. The van der Waals surface area contributed by atoms with Crippen LogP contribution in [0, 0.1) is 20.8 Å². The quantitative estimate of drug-likeness (QED) is 0.496. The van der Waals surface area contributed by atoms with Crippen molar-refractivity contribution in [2.75, 3.05) is 11.9 Å². The normalized spacial score (nSPS) is 10.9. The molecule has 1 amide bonds. The number of aryl methyl sites for hydroxylation is 3. The first-order valence-corrected chi connectivity index (χ1v) is 9.45. The Morgan fingerprint density at radius 2 is 1.79 bits per heavy atom. The van der Waals surface area contributed by atoms with Gasteiger partial charge in [-0.3, -0.25) is 4.79 Å². The molecule has 0 aliphatic carbocycles. The Balaban J connectivity index is 1.46. The predicted molar refractivity (Wildman–Crippen MR) is 114 cm³/mol. The van der Waals surface area contributed by atoms with Crippen LogP contribution in [0.5, 0.6) is 5.75 Å². The zero-order valence-corrected chi connectivity index (χ0v) is 16.7. The molecule has 0 unspecified atom stereocenters. The molecular formula is C24H22N2O3. The van der Waals surface area contributed by atoms with Crippen molar-refractivity contribution in [1.82, 2.24) is 4.98 Å². The van der Waals surface area contributed by atoms with E-state index in [1.807, 2.05) is 81.4 Å². The number of oxazole rings is 1. The Hall–Kier alpha value is -3.60. The van der Waals surface area contributed by atoms with E-state index < -0.39 is 0 Å². The predicted octanol–water partition coefficient (Wildman–Crippen LogP) is 5.44. The number of nitrogens with one attached hydrogen (secondary N) is 1. The third-order valence-corrected chi connectivity index (χ3v) is 4.63. The van der Waals surface area contributed by atoms with E-state index in [1.54, 1.807) is 0 Å². The summed E-state index contributed by atoms with van der Waals surface area (Å²) in [5, 5.41) is 2.86. The van der Waals surface area contributed by atoms with E-state index in [2.05, 4.69) is 10.3 Å². The number of aromatic nitrogens is 1. The molecule has 1 heterocycles. The molecule has 0 fully saturated rings. The van der Waals surface area contributed by atoms with E-state index in [4.69, 9.17) is 9.15 Å². The van der Waals surface area contributed by atoms with Gasteiger partial charge in [0.1, 0.15) is 11.3 Å². The molecule has 0 radical (unpaired) electrons. The molecule has 0 saturated carbocycles. The molecule has 0 atom stereocenters. The highest BCUT2D eigenvalue weighted by molar-refractivity contribution is 5.92. The molecule has 4 aromatic rings. The number of fused-ring (bicyclic) bond motifs is 1. The Morgan fingerprint density at radius 1 is 1.00 bits per heavy atom. The first-order chi connectivity index (χ1) is 14.0. The van der Waals surface area contributed by atoms with E-state index in [9.17, 15) is 4.79 Å². The van der Waals surface area contributed by atoms with E-state index in [0.717, 1.165) is 33.4 Å². The van der Waals surface area contributed by atoms with Crippen LogP contribution in [0.2, 0.25) is 0 Å². The van der Waals surface area contributed by atoms with Gasteiger partial charge in [0.15, 0.2) is 12.2 Å². The average molecular weight is 386 g/mol. The monoisotopic (exact) mass is 386 g/mol. The van der Waals surface area contributed by atoms with Gasteiger partial charge >= 0.3 is 0 Å². The highest BCUT2D eigenvalue weighted by atomic mass is 16.5. The summed E-state index contributed by atoms with van der Waals surface area (Å²) in [6.07, 6.45) is 0. The van der Waals surface area contributed by atoms with Gasteiger partial charge in [-0.1, -0.05) is 29.8 Å². The summed E-state index contributed by atoms with van der Waals surface area (Å²) in [4.78, 5) is 16.8. The Labute approximate surface area is 169 Å². The number of ether oxygens (including phenoxy) is 1. The summed E-state index contributed by atoms with van der Waals surface area (Å²) >= 11 is 0. The van der Waals surface area contributed by atoms with Crippen LogP contribution < -0.4 is 10.1 Å². The van der Waals surface area contributed by atoms with Gasteiger partial charge in [-0.25, -0.2) is 4.98 Å². The third-order valence-electron chi connectivity index (χ3n) is 4.63. The number of nitrogens with zero attached hydrogens (tertiary/aromatic N) is 1. The van der Waals surface area contributed by atoms with Crippen molar-refractivity contribution in [3.63, 3.8) is 0 Å². The van der Waals surface area contributed by atoms with Crippen LogP contribution >= 0.6 is 0 Å². The van der Waals surface area contributed by atoms with Crippen LogP contribution in [0.1, 0.15) is 16.7 Å². The molecule has 0 spiro atoms. The minimum absolute atomic E-state index is 0.0592. The number of amides is 1. The van der Waals surface area contributed by atoms with Crippen molar-refractivity contribution in [2.45, 2.75) is 20.8 Å². The molecule has 3 aromatic carbocycles. The SMILES string of the molecule is Cc1ccc(OCC(=O)Nc2cccc(-c3nc4ccc(C)cc4o3)c2)c(C)c1. The van der Waals surface area contributed by atoms with E-state index in [-0.39, 0.29) is 12.5 Å². The van der Waals surface area contributed by atoms with Gasteiger partial charge in [-0.15, -0.1) is 0 Å². The highest BCUT2D eigenvalue weighted by Gasteiger charge is 2.11. The average Bonchev–Trinajstić information content (AvgIpc) is 3.11. The van der Waals surface area contributed by atoms with E-state index >= 15 is 0 Å². The summed E-state index contributed by atoms with van der Waals surface area (Å²) in [6.45, 7) is 5.94. The molecule has 0 saturated heterocycles. The molecule has 0 aliphatic heterocycles. The van der Waals surface area contributed by atoms with Gasteiger partial charge < -0.3 is 14.5 Å². The number of carbonyl (C=O) groups is 1. The summed E-state index contributed by atoms with van der Waals surface area (Å²) in [6, 6.07) is 19.2. The Kier molecular flexibility index (Phi) is 5.04. The second-order valence-electron chi connectivity index (χ2n) is 7.18. The maximum atomic E-state index is 12.3. The van der Waals surface area contributed by atoms with Crippen LogP contribution in [0.3, 0.4) is 0 Å². The van der Waals surface area contributed by atoms with Crippen LogP contribution in [0.4, 0.5) is 5.69 Å². The molecular weight excluding hydrogens is 364 g/mol. The number of carbonyl (C=O) groups excluding carboxylic acids is 1. The van der Waals surface area contributed by atoms with E-state index in [1.165, 1.54) is 0 Å². The van der Waals surface area contributed by atoms with Crippen molar-refractivity contribution in [3.05, 3.63) is 77.4 Å². The van der Waals surface area contributed by atoms with Crippen molar-refractivity contribution in [2.24, 2.45) is 0 Å². The number of hydrogen-bond acceptors (Lipinski definition) is 4. The summed E-state index contributed by atoms with van der Waals surface area (Å²) in [5.41, 5.74) is 6.29. The molecule has 29 heavy (non-hydrogen) atoms. The zero-order chi connectivity index (χ0) is 20.4. The lowest BCUT2D eigenvalue weighted by atomic mass is 10.1. The number of hydrogen-bond donors (Lipinski definition) is 1. The fourth-order valence-corrected chi connectivity index (χ4v) is 3.19. The van der Waals surface area contributed by atoms with Crippen molar-refractivity contribution < 1.29 is 13.9 Å². The van der Waals surface area contributed by atoms with E-state index in [0.29, 0.717) is 17.3 Å². The highest BCUT2D eigenvalue weighted by Crippen LogP contribution is 2.27. The fourth-order valence-electron chi connectivity index (χ4n) is 3.19. The molecule has 5 heteroatoms. The maximum Gasteiger partial charge on any atom is 0.262 e. The number of benzene rings is 3. The largest absolute Gasteiger partial charge is 0.483 e. The van der Waals surface area contributed by atoms with Crippen LogP contribution in [0.25, 0.3) is 22.6 Å². The smallest absolute Gasteiger partial charge is 0.262 e. The lowest BCUT2D eigenvalue weighted by Gasteiger charge is -2.10. The second kappa shape index (κ2) is 7.80. The molecule has 5 nitrogen and oxygen atoms in total. The molecule has 1 aromatic heterocycles. The molecule has 146 valence electrons. The van der Waals surface area contributed by atoms with Crippen molar-refractivity contribution in [1.29, 1.82) is 0 Å². The molecule has 0 bridgehead atoms. The van der Waals surface area contributed by atoms with Crippen molar-refractivity contribution in [3.8, 4) is 17.2 Å². The summed E-state index contributed by atoms with van der Waals surface area (Å²) in [5.74, 6) is 1.00. The second-order valence-corrected chi connectivity index (χ2v) is 7.18. The lowest BCUT2D eigenvalue weighted by molar-refractivity contribution is -0.118. The first kappa shape index (κ1) is 18.7.